The predicted octanol–water partition coefficient (Wildman–Crippen LogP) is 2.48. The molecule has 2 unspecified atom stereocenters. The van der Waals surface area contributed by atoms with Crippen molar-refractivity contribution in [3.63, 3.8) is 0 Å². The molecule has 6 heteroatoms. The van der Waals surface area contributed by atoms with Crippen LogP contribution in [0.1, 0.15) is 33.1 Å². The van der Waals surface area contributed by atoms with Crippen LogP contribution in [0, 0.1) is 21.6 Å². The molecule has 0 amide bonds. The van der Waals surface area contributed by atoms with E-state index in [-0.39, 0.29) is 5.92 Å². The van der Waals surface area contributed by atoms with Gasteiger partial charge >= 0.3 is 204 Å². The number of benzene rings is 3. The molecule has 5 rings (SSSR count). The maximum atomic E-state index is 12.9. The van der Waals surface area contributed by atoms with Crippen LogP contribution in [-0.2, 0) is 4.08 Å². The average molecular weight is 497 g/mol. The molecular weight excluding hydrogens is 467 g/mol. The second-order valence-electron chi connectivity index (χ2n) is 10.1. The van der Waals surface area contributed by atoms with Gasteiger partial charge in [0.25, 0.3) is 0 Å². The van der Waals surface area contributed by atoms with E-state index in [0.717, 1.165) is 40.7 Å². The van der Waals surface area contributed by atoms with Crippen LogP contribution in [0.3, 0.4) is 0 Å². The molecule has 0 aliphatic heterocycles. The second-order valence-corrected chi connectivity index (χ2v) is 15.9. The molecule has 0 N–H and O–H groups in total. The average Bonchev–Trinajstić information content (AvgIpc) is 3.37. The molecule has 3 aromatic carbocycles. The van der Waals surface area contributed by atoms with E-state index < -0.39 is 27.6 Å². The summed E-state index contributed by atoms with van der Waals surface area (Å²) >= 11 is 0. The van der Waals surface area contributed by atoms with E-state index in [1.165, 1.54) is 0 Å². The Morgan fingerprint density at radius 3 is 1.53 bits per heavy atom. The summed E-state index contributed by atoms with van der Waals surface area (Å²) < 4.78 is 45.0. The van der Waals surface area contributed by atoms with Crippen molar-refractivity contribution in [2.24, 2.45) is 11.3 Å². The number of hydrogen-bond donors (Lipinski definition) is 0. The van der Waals surface area contributed by atoms with E-state index in [0.29, 0.717) is 0 Å². The Bertz CT molecular complexity index is 1110. The zero-order chi connectivity index (χ0) is 24.3. The summed E-state index contributed by atoms with van der Waals surface area (Å²) in [7, 11) is -4.80. The summed E-state index contributed by atoms with van der Waals surface area (Å²) in [6.07, 6.45) is 2.36. The molecule has 2 aliphatic rings. The van der Waals surface area contributed by atoms with Gasteiger partial charge < -0.3 is 0 Å². The topological polar surface area (TPSA) is 78.4 Å². The summed E-state index contributed by atoms with van der Waals surface area (Å²) in [6, 6.07) is 28.8. The number of halogens is 1. The molecule has 0 spiro atoms. The number of fused-ring (bicyclic) bond motifs is 2. The van der Waals surface area contributed by atoms with Gasteiger partial charge in [-0.05, 0) is 0 Å². The van der Waals surface area contributed by atoms with Crippen molar-refractivity contribution in [2.75, 3.05) is 0 Å². The van der Waals surface area contributed by atoms with Gasteiger partial charge in [-0.2, -0.15) is 0 Å². The summed E-state index contributed by atoms with van der Waals surface area (Å²) in [5.74, 6) is 0.252. The van der Waals surface area contributed by atoms with E-state index in [9.17, 15) is 14.0 Å². The molecule has 2 saturated carbocycles. The first-order valence-electron chi connectivity index (χ1n) is 11.6. The van der Waals surface area contributed by atoms with E-state index in [1.807, 2.05) is 91.0 Å². The second kappa shape index (κ2) is 7.73. The maximum absolute atomic E-state index is 12.9. The van der Waals surface area contributed by atoms with E-state index in [2.05, 4.69) is 20.4 Å². The molecule has 178 valence electrons. The van der Waals surface area contributed by atoms with Crippen LogP contribution in [0.5, 0.6) is 0 Å². The molecular formula is C28H30ClO4P. The van der Waals surface area contributed by atoms with Crippen molar-refractivity contribution in [1.29, 1.82) is 0 Å². The van der Waals surface area contributed by atoms with Crippen LogP contribution in [-0.4, -0.2) is 5.16 Å². The molecule has 0 heterocycles. The van der Waals surface area contributed by atoms with Crippen LogP contribution >= 0.6 is 6.83 Å². The third kappa shape index (κ3) is 2.79. The van der Waals surface area contributed by atoms with Gasteiger partial charge in [0.15, 0.2) is 0 Å². The molecule has 0 saturated heterocycles. The van der Waals surface area contributed by atoms with Gasteiger partial charge in [0.2, 0.25) is 0 Å². The van der Waals surface area contributed by atoms with Crippen LogP contribution in [0.2, 0.25) is 0 Å². The minimum atomic E-state index is -4.80. The quantitative estimate of drug-likeness (QED) is 0.388. The van der Waals surface area contributed by atoms with Gasteiger partial charge in [-0.3, -0.25) is 0 Å². The summed E-state index contributed by atoms with van der Waals surface area (Å²) in [6.45, 7) is 4.32. The van der Waals surface area contributed by atoms with E-state index in [1.54, 1.807) is 0 Å². The first kappa shape index (κ1) is 23.7. The Morgan fingerprint density at radius 1 is 0.794 bits per heavy atom. The van der Waals surface area contributed by atoms with Crippen molar-refractivity contribution in [2.45, 2.75) is 38.3 Å². The number of hydrogen-bond acceptors (Lipinski definition) is 4. The third-order valence-corrected chi connectivity index (χ3v) is 17.0. The molecule has 4 nitrogen and oxygen atoms in total. The van der Waals surface area contributed by atoms with Crippen molar-refractivity contribution in [3.8, 4) is 0 Å². The first-order valence-corrected chi connectivity index (χ1v) is 15.0. The normalized spacial score (nSPS) is 25.1. The monoisotopic (exact) mass is 496 g/mol. The van der Waals surface area contributed by atoms with Crippen molar-refractivity contribution < 1.29 is 28.3 Å². The van der Waals surface area contributed by atoms with Gasteiger partial charge in [-0.25, -0.2) is 0 Å². The third-order valence-electron chi connectivity index (χ3n) is 8.74. The van der Waals surface area contributed by atoms with Crippen molar-refractivity contribution in [1.82, 2.24) is 0 Å². The fourth-order valence-corrected chi connectivity index (χ4v) is 17.1. The minimum absolute atomic E-state index is 0.252. The zero-order valence-corrected chi connectivity index (χ0v) is 21.2. The summed E-state index contributed by atoms with van der Waals surface area (Å²) in [5.41, 5.74) is 0.634. The molecule has 2 fully saturated rings. The van der Waals surface area contributed by atoms with Gasteiger partial charge in [0.1, 0.15) is 0 Å². The van der Waals surface area contributed by atoms with E-state index >= 15 is 0 Å². The van der Waals surface area contributed by atoms with Crippen LogP contribution in [0.15, 0.2) is 103 Å². The SMILES string of the molecule is C=C1C2CCC(P(O[Cl+3]([O-])([O-])[O-])(c3ccccc3)(c3ccccc3)c3ccccc3)(C2)C1(C)C. The molecule has 0 aromatic heterocycles. The zero-order valence-electron chi connectivity index (χ0n) is 19.5. The number of rotatable bonds is 6. The summed E-state index contributed by atoms with van der Waals surface area (Å²) in [5, 5.41) is 1.58. The Balaban J connectivity index is 2.10. The Morgan fingerprint density at radius 2 is 1.21 bits per heavy atom. The standard InChI is InChI=1S/C28H30ClO4P/c1-22-23-19-20-28(21-23,27(22,2)3)34(33-29(30,31)32,24-13-7-4-8-14-24,25-15-9-5-10-16-25)26-17-11-6-12-18-26/h4-18,23H,1,19-21H2,2-3H3. The van der Waals surface area contributed by atoms with Crippen LogP contribution in [0.25, 0.3) is 0 Å². The summed E-state index contributed by atoms with van der Waals surface area (Å²) in [4.78, 5) is 0. The van der Waals surface area contributed by atoms with Crippen LogP contribution in [0.4, 0.5) is 0 Å². The molecule has 3 aromatic rings. The van der Waals surface area contributed by atoms with Crippen LogP contribution < -0.4 is 29.9 Å². The van der Waals surface area contributed by atoms with Gasteiger partial charge in [-0.1, -0.05) is 0 Å². The number of allylic oxidation sites excluding steroid dienone is 1. The Kier molecular flexibility index (Phi) is 5.39. The first-order chi connectivity index (χ1) is 16.1. The van der Waals surface area contributed by atoms with Gasteiger partial charge in [-0.15, -0.1) is 0 Å². The van der Waals surface area contributed by atoms with Crippen molar-refractivity contribution in [3.05, 3.63) is 103 Å². The predicted molar refractivity (Wildman–Crippen MR) is 129 cm³/mol. The van der Waals surface area contributed by atoms with Gasteiger partial charge in [0.05, 0.1) is 0 Å². The molecule has 0 radical (unpaired) electrons. The molecule has 34 heavy (non-hydrogen) atoms. The van der Waals surface area contributed by atoms with Gasteiger partial charge in [0, 0.05) is 0 Å². The Hall–Kier alpha value is -2.04. The van der Waals surface area contributed by atoms with Crippen molar-refractivity contribution >= 4 is 22.7 Å². The molecule has 2 aliphatic carbocycles. The van der Waals surface area contributed by atoms with E-state index in [4.69, 9.17) is 4.08 Å². The fraction of sp³-hybridized carbons (Fsp3) is 0.286. The fourth-order valence-electron chi connectivity index (χ4n) is 7.30. The molecule has 2 bridgehead atoms. The molecule has 2 atom stereocenters. The Labute approximate surface area is 203 Å².